The topological polar surface area (TPSA) is 122 Å². The van der Waals surface area contributed by atoms with Gasteiger partial charge in [0.25, 0.3) is 11.6 Å². The normalized spacial score (nSPS) is 9.96. The lowest BCUT2D eigenvalue weighted by atomic mass is 10.1. The molecule has 2 aromatic carbocycles. The number of nitriles is 1. The molecule has 0 saturated carbocycles. The van der Waals surface area contributed by atoms with Crippen molar-refractivity contribution in [3.63, 3.8) is 0 Å². The summed E-state index contributed by atoms with van der Waals surface area (Å²) in [5.41, 5.74) is 2.12. The molecule has 0 aromatic heterocycles. The van der Waals surface area contributed by atoms with Crippen molar-refractivity contribution in [1.82, 2.24) is 0 Å². The number of hydrogen-bond donors (Lipinski definition) is 1. The zero-order valence-corrected chi connectivity index (χ0v) is 15.3. The van der Waals surface area contributed by atoms with E-state index in [0.717, 1.165) is 27.8 Å². The number of carbonyl (C=O) groups excluding carboxylic acids is 2. The number of esters is 1. The Morgan fingerprint density at radius 2 is 1.81 bits per heavy atom. The monoisotopic (exact) mass is 385 g/mol. The molecular weight excluding hydrogens is 370 g/mol. The molecule has 0 aliphatic carbocycles. The van der Waals surface area contributed by atoms with Crippen LogP contribution >= 0.6 is 11.8 Å². The van der Waals surface area contributed by atoms with E-state index in [0.29, 0.717) is 5.69 Å². The molecule has 0 heterocycles. The molecule has 0 bridgehead atoms. The molecule has 27 heavy (non-hydrogen) atoms. The highest BCUT2D eigenvalue weighted by Crippen LogP contribution is 2.27. The van der Waals surface area contributed by atoms with E-state index in [9.17, 15) is 19.7 Å². The van der Waals surface area contributed by atoms with E-state index in [1.165, 1.54) is 24.3 Å². The second-order valence-electron chi connectivity index (χ2n) is 5.55. The number of benzene rings is 2. The summed E-state index contributed by atoms with van der Waals surface area (Å²) < 4.78 is 4.94. The molecule has 1 amide bonds. The maximum atomic E-state index is 12.1. The van der Waals surface area contributed by atoms with Gasteiger partial charge in [-0.3, -0.25) is 14.9 Å². The number of thiocyanates is 1. The third-order valence-corrected chi connectivity index (χ3v) is 4.14. The number of nitro benzene ring substituents is 1. The van der Waals surface area contributed by atoms with Crippen molar-refractivity contribution in [2.75, 3.05) is 11.9 Å². The van der Waals surface area contributed by atoms with Crippen LogP contribution < -0.4 is 5.32 Å². The zero-order valence-electron chi connectivity index (χ0n) is 14.5. The Labute approximate surface area is 159 Å². The zero-order chi connectivity index (χ0) is 20.0. The van der Waals surface area contributed by atoms with E-state index < -0.39 is 23.4 Å². The van der Waals surface area contributed by atoms with Crippen LogP contribution in [0.3, 0.4) is 0 Å². The molecule has 0 fully saturated rings. The van der Waals surface area contributed by atoms with E-state index >= 15 is 0 Å². The van der Waals surface area contributed by atoms with Crippen LogP contribution in [0.15, 0.2) is 41.3 Å². The van der Waals surface area contributed by atoms with Gasteiger partial charge in [-0.1, -0.05) is 0 Å². The highest BCUT2D eigenvalue weighted by atomic mass is 32.2. The highest BCUT2D eigenvalue weighted by molar-refractivity contribution is 8.03. The van der Waals surface area contributed by atoms with Crippen molar-refractivity contribution in [3.8, 4) is 5.40 Å². The van der Waals surface area contributed by atoms with Crippen LogP contribution in [0.1, 0.15) is 21.5 Å². The number of non-ortho nitro benzene ring substituents is 1. The Kier molecular flexibility index (Phi) is 6.51. The van der Waals surface area contributed by atoms with Gasteiger partial charge in [-0.25, -0.2) is 4.79 Å². The molecule has 2 aromatic rings. The first-order valence-corrected chi connectivity index (χ1v) is 8.52. The number of ether oxygens (including phenoxy) is 1. The van der Waals surface area contributed by atoms with Crippen LogP contribution in [0.5, 0.6) is 0 Å². The lowest BCUT2D eigenvalue weighted by Gasteiger charge is -2.13. The summed E-state index contributed by atoms with van der Waals surface area (Å²) in [5, 5.41) is 24.0. The number of nitro groups is 1. The molecule has 138 valence electrons. The predicted octanol–water partition coefficient (Wildman–Crippen LogP) is 3.58. The summed E-state index contributed by atoms with van der Waals surface area (Å²) in [6, 6.07) is 8.45. The van der Waals surface area contributed by atoms with Gasteiger partial charge < -0.3 is 10.1 Å². The third-order valence-electron chi connectivity index (χ3n) is 3.58. The van der Waals surface area contributed by atoms with Gasteiger partial charge in [-0.15, -0.1) is 0 Å². The molecule has 2 rings (SSSR count). The fraction of sp³-hybridized carbons (Fsp3) is 0.167. The van der Waals surface area contributed by atoms with E-state index in [-0.39, 0.29) is 11.3 Å². The molecule has 0 saturated heterocycles. The average Bonchev–Trinajstić information content (AvgIpc) is 2.63. The van der Waals surface area contributed by atoms with E-state index in [4.69, 9.17) is 10.00 Å². The molecule has 0 aliphatic heterocycles. The number of aryl methyl sites for hydroxylation is 2. The van der Waals surface area contributed by atoms with E-state index in [1.807, 2.05) is 5.40 Å². The molecule has 0 unspecified atom stereocenters. The number of carbonyl (C=O) groups is 2. The Bertz CT molecular complexity index is 912. The van der Waals surface area contributed by atoms with Gasteiger partial charge in [0, 0.05) is 22.7 Å². The van der Waals surface area contributed by atoms with Crippen LogP contribution in [-0.2, 0) is 9.53 Å². The average molecular weight is 385 g/mol. The number of anilines is 1. The van der Waals surface area contributed by atoms with Gasteiger partial charge in [-0.05, 0) is 61.0 Å². The van der Waals surface area contributed by atoms with Crippen LogP contribution in [0.2, 0.25) is 0 Å². The van der Waals surface area contributed by atoms with Crippen LogP contribution in [0.4, 0.5) is 11.4 Å². The van der Waals surface area contributed by atoms with Crippen molar-refractivity contribution in [2.45, 2.75) is 18.7 Å². The Morgan fingerprint density at radius 1 is 1.22 bits per heavy atom. The lowest BCUT2D eigenvalue weighted by molar-refractivity contribution is -0.384. The summed E-state index contributed by atoms with van der Waals surface area (Å²) in [6.45, 7) is 3.10. The molecule has 0 spiro atoms. The number of thioether (sulfide) groups is 1. The van der Waals surface area contributed by atoms with Gasteiger partial charge in [0.2, 0.25) is 0 Å². The largest absolute Gasteiger partial charge is 0.452 e. The number of amides is 1. The second kappa shape index (κ2) is 8.82. The van der Waals surface area contributed by atoms with Crippen molar-refractivity contribution in [3.05, 3.63) is 63.2 Å². The van der Waals surface area contributed by atoms with E-state index in [1.54, 1.807) is 26.0 Å². The van der Waals surface area contributed by atoms with Crippen LogP contribution in [0, 0.1) is 34.6 Å². The van der Waals surface area contributed by atoms with Crippen molar-refractivity contribution >= 4 is 35.0 Å². The first-order chi connectivity index (χ1) is 12.8. The minimum Gasteiger partial charge on any atom is -0.452 e. The number of nitrogens with one attached hydrogen (secondary N) is 1. The minimum atomic E-state index is -0.755. The van der Waals surface area contributed by atoms with Gasteiger partial charge >= 0.3 is 5.97 Å². The predicted molar refractivity (Wildman–Crippen MR) is 99.4 cm³/mol. The Morgan fingerprint density at radius 3 is 2.33 bits per heavy atom. The molecular formula is C18H15N3O5S. The molecule has 8 nitrogen and oxygen atoms in total. The summed E-state index contributed by atoms with van der Waals surface area (Å²) in [7, 11) is 0. The van der Waals surface area contributed by atoms with Crippen molar-refractivity contribution < 1.29 is 19.2 Å². The second-order valence-corrected chi connectivity index (χ2v) is 6.41. The Hall–Kier alpha value is -3.38. The standard InChI is InChI=1S/C18H15N3O5S/c1-11-7-15(27-10-19)8-12(2)17(11)20-16(22)9-26-18(23)13-3-5-14(6-4-13)21(24)25/h3-8H,9H2,1-2H3,(H,20,22). The summed E-state index contributed by atoms with van der Waals surface area (Å²) in [6.07, 6.45) is 0. The van der Waals surface area contributed by atoms with Crippen LogP contribution in [-0.4, -0.2) is 23.4 Å². The molecule has 1 N–H and O–H groups in total. The maximum absolute atomic E-state index is 12.1. The van der Waals surface area contributed by atoms with E-state index in [2.05, 4.69) is 5.32 Å². The highest BCUT2D eigenvalue weighted by Gasteiger charge is 2.14. The molecule has 0 radical (unpaired) electrons. The number of hydrogen-bond acceptors (Lipinski definition) is 7. The van der Waals surface area contributed by atoms with Gasteiger partial charge in [0.05, 0.1) is 10.5 Å². The number of rotatable bonds is 6. The SMILES string of the molecule is Cc1cc(SC#N)cc(C)c1NC(=O)COC(=O)c1ccc([N+](=O)[O-])cc1. The smallest absolute Gasteiger partial charge is 0.338 e. The third kappa shape index (κ3) is 5.29. The first-order valence-electron chi connectivity index (χ1n) is 7.70. The fourth-order valence-electron chi connectivity index (χ4n) is 2.34. The first kappa shape index (κ1) is 19.9. The fourth-order valence-corrected chi connectivity index (χ4v) is 2.92. The molecule has 0 aliphatic rings. The maximum Gasteiger partial charge on any atom is 0.338 e. The Balaban J connectivity index is 1.97. The van der Waals surface area contributed by atoms with Crippen molar-refractivity contribution in [2.24, 2.45) is 0 Å². The van der Waals surface area contributed by atoms with Gasteiger partial charge in [0.15, 0.2) is 6.61 Å². The summed E-state index contributed by atoms with van der Waals surface area (Å²) >= 11 is 1.03. The van der Waals surface area contributed by atoms with Gasteiger partial charge in [0.1, 0.15) is 5.40 Å². The lowest BCUT2D eigenvalue weighted by Crippen LogP contribution is -2.21. The summed E-state index contributed by atoms with van der Waals surface area (Å²) in [4.78, 5) is 34.8. The minimum absolute atomic E-state index is 0.110. The summed E-state index contributed by atoms with van der Waals surface area (Å²) in [5.74, 6) is -1.27. The number of nitrogens with zero attached hydrogens (tertiary/aromatic N) is 2. The quantitative estimate of drug-likeness (QED) is 0.265. The molecule has 9 heteroatoms. The van der Waals surface area contributed by atoms with Crippen molar-refractivity contribution in [1.29, 1.82) is 5.26 Å². The van der Waals surface area contributed by atoms with Gasteiger partial charge in [-0.2, -0.15) is 5.26 Å². The molecule has 0 atom stereocenters. The van der Waals surface area contributed by atoms with Crippen LogP contribution in [0.25, 0.3) is 0 Å².